The summed E-state index contributed by atoms with van der Waals surface area (Å²) in [5, 5.41) is 5.58. The van der Waals surface area contributed by atoms with Crippen LogP contribution in [0, 0.1) is 0 Å². The summed E-state index contributed by atoms with van der Waals surface area (Å²) < 4.78 is 12.8. The van der Waals surface area contributed by atoms with Crippen molar-refractivity contribution >= 4 is 11.7 Å². The summed E-state index contributed by atoms with van der Waals surface area (Å²) in [5.41, 5.74) is 0.568. The number of aromatic nitrogens is 2. The van der Waals surface area contributed by atoms with Gasteiger partial charge in [0.2, 0.25) is 0 Å². The van der Waals surface area contributed by atoms with Crippen molar-refractivity contribution < 1.29 is 14.3 Å². The Labute approximate surface area is 135 Å². The highest BCUT2D eigenvalue weighted by atomic mass is 16.5. The first-order valence-electron chi connectivity index (χ1n) is 7.43. The van der Waals surface area contributed by atoms with Crippen LogP contribution in [0.4, 0.5) is 10.5 Å². The van der Waals surface area contributed by atoms with E-state index < -0.39 is 0 Å². The van der Waals surface area contributed by atoms with Crippen LogP contribution >= 0.6 is 0 Å². The summed E-state index contributed by atoms with van der Waals surface area (Å²) >= 11 is 0. The molecule has 0 spiro atoms. The van der Waals surface area contributed by atoms with Crippen LogP contribution in [0.3, 0.4) is 0 Å². The van der Waals surface area contributed by atoms with Crippen molar-refractivity contribution in [2.45, 2.75) is 26.5 Å². The monoisotopic (exact) mass is 318 g/mol. The van der Waals surface area contributed by atoms with Gasteiger partial charge in [-0.1, -0.05) is 0 Å². The number of amides is 2. The van der Waals surface area contributed by atoms with Crippen molar-refractivity contribution in [3.63, 3.8) is 0 Å². The number of benzene rings is 1. The van der Waals surface area contributed by atoms with E-state index in [9.17, 15) is 4.79 Å². The fourth-order valence-corrected chi connectivity index (χ4v) is 1.97. The predicted octanol–water partition coefficient (Wildman–Crippen LogP) is 2.50. The molecule has 23 heavy (non-hydrogen) atoms. The minimum Gasteiger partial charge on any atom is -0.497 e. The molecule has 7 heteroatoms. The Bertz CT molecular complexity index is 626. The van der Waals surface area contributed by atoms with Crippen LogP contribution in [0.25, 0.3) is 0 Å². The van der Waals surface area contributed by atoms with Gasteiger partial charge in [0.25, 0.3) is 0 Å². The van der Waals surface area contributed by atoms with Gasteiger partial charge in [0.1, 0.15) is 11.5 Å². The van der Waals surface area contributed by atoms with Gasteiger partial charge in [-0.3, -0.25) is 0 Å². The Hall–Kier alpha value is -2.70. The second kappa shape index (κ2) is 8.07. The summed E-state index contributed by atoms with van der Waals surface area (Å²) in [4.78, 5) is 16.0. The summed E-state index contributed by atoms with van der Waals surface area (Å²) in [6, 6.07) is 5.00. The van der Waals surface area contributed by atoms with Crippen molar-refractivity contribution in [1.82, 2.24) is 14.9 Å². The van der Waals surface area contributed by atoms with E-state index in [1.54, 1.807) is 37.8 Å². The van der Waals surface area contributed by atoms with Crippen LogP contribution in [0.5, 0.6) is 11.5 Å². The molecular formula is C16H22N4O3. The molecule has 0 atom stereocenters. The molecule has 124 valence electrons. The van der Waals surface area contributed by atoms with Crippen molar-refractivity contribution in [3.05, 3.63) is 36.9 Å². The third-order valence-corrected chi connectivity index (χ3v) is 3.01. The second-order valence-electron chi connectivity index (χ2n) is 5.21. The number of nitrogens with zero attached hydrogens (tertiary/aromatic N) is 2. The number of carbonyl (C=O) groups is 1. The standard InChI is InChI=1S/C16H22N4O3/c1-12(2)23-15-5-4-13(22-3)10-14(15)19-16(21)18-7-9-20-8-6-17-11-20/h4-6,8,10-12H,7,9H2,1-3H3,(H2,18,19,21). The van der Waals surface area contributed by atoms with Gasteiger partial charge in [-0.2, -0.15) is 0 Å². The van der Waals surface area contributed by atoms with E-state index in [1.807, 2.05) is 24.6 Å². The maximum atomic E-state index is 12.0. The molecule has 0 bridgehead atoms. The molecule has 2 N–H and O–H groups in total. The van der Waals surface area contributed by atoms with Crippen molar-refractivity contribution in [1.29, 1.82) is 0 Å². The zero-order chi connectivity index (χ0) is 16.7. The van der Waals surface area contributed by atoms with Gasteiger partial charge in [-0.05, 0) is 26.0 Å². The fraction of sp³-hybridized carbons (Fsp3) is 0.375. The number of methoxy groups -OCH3 is 1. The molecule has 2 aromatic rings. The van der Waals surface area contributed by atoms with Gasteiger partial charge in [0.15, 0.2) is 0 Å². The van der Waals surface area contributed by atoms with Crippen LogP contribution < -0.4 is 20.1 Å². The Morgan fingerprint density at radius 2 is 2.22 bits per heavy atom. The highest BCUT2D eigenvalue weighted by Crippen LogP contribution is 2.29. The normalized spacial score (nSPS) is 10.4. The maximum Gasteiger partial charge on any atom is 0.319 e. The molecular weight excluding hydrogens is 296 g/mol. The van der Waals surface area contributed by atoms with Crippen LogP contribution in [0.2, 0.25) is 0 Å². The van der Waals surface area contributed by atoms with Crippen LogP contribution in [0.1, 0.15) is 13.8 Å². The summed E-state index contributed by atoms with van der Waals surface area (Å²) in [7, 11) is 1.58. The average molecular weight is 318 g/mol. The average Bonchev–Trinajstić information content (AvgIpc) is 3.02. The fourth-order valence-electron chi connectivity index (χ4n) is 1.97. The topological polar surface area (TPSA) is 77.4 Å². The van der Waals surface area contributed by atoms with E-state index >= 15 is 0 Å². The number of hydrogen-bond acceptors (Lipinski definition) is 4. The number of rotatable bonds is 7. The molecule has 1 heterocycles. The van der Waals surface area contributed by atoms with E-state index in [0.29, 0.717) is 30.3 Å². The van der Waals surface area contributed by atoms with Crippen molar-refractivity contribution in [2.75, 3.05) is 19.0 Å². The lowest BCUT2D eigenvalue weighted by Crippen LogP contribution is -2.31. The highest BCUT2D eigenvalue weighted by Gasteiger charge is 2.10. The molecule has 0 unspecified atom stereocenters. The number of carbonyl (C=O) groups excluding carboxylic acids is 1. The number of urea groups is 1. The SMILES string of the molecule is COc1ccc(OC(C)C)c(NC(=O)NCCn2ccnc2)c1. The maximum absolute atomic E-state index is 12.0. The second-order valence-corrected chi connectivity index (χ2v) is 5.21. The first-order valence-corrected chi connectivity index (χ1v) is 7.43. The van der Waals surface area contributed by atoms with Gasteiger partial charge in [-0.25, -0.2) is 9.78 Å². The lowest BCUT2D eigenvalue weighted by Gasteiger charge is -2.16. The molecule has 0 aliphatic rings. The lowest BCUT2D eigenvalue weighted by molar-refractivity contribution is 0.241. The molecule has 2 rings (SSSR count). The zero-order valence-electron chi connectivity index (χ0n) is 13.6. The number of hydrogen-bond donors (Lipinski definition) is 2. The molecule has 1 aromatic heterocycles. The Morgan fingerprint density at radius 3 is 2.87 bits per heavy atom. The third kappa shape index (κ3) is 5.21. The summed E-state index contributed by atoms with van der Waals surface area (Å²) in [6.07, 6.45) is 5.26. The van der Waals surface area contributed by atoms with E-state index in [2.05, 4.69) is 15.6 Å². The van der Waals surface area contributed by atoms with Crippen LogP contribution in [-0.2, 0) is 6.54 Å². The molecule has 0 fully saturated rings. The molecule has 7 nitrogen and oxygen atoms in total. The van der Waals surface area contributed by atoms with Crippen molar-refractivity contribution in [2.24, 2.45) is 0 Å². The van der Waals surface area contributed by atoms with Crippen LogP contribution in [0.15, 0.2) is 36.9 Å². The van der Waals surface area contributed by atoms with Gasteiger partial charge in [0.05, 0.1) is 25.2 Å². The highest BCUT2D eigenvalue weighted by molar-refractivity contribution is 5.91. The van der Waals surface area contributed by atoms with Gasteiger partial charge < -0.3 is 24.7 Å². The number of anilines is 1. The number of imidazole rings is 1. The molecule has 1 aromatic carbocycles. The lowest BCUT2D eigenvalue weighted by atomic mass is 10.2. The minimum absolute atomic E-state index is 0.00764. The van der Waals surface area contributed by atoms with Gasteiger partial charge in [0, 0.05) is 31.5 Å². The largest absolute Gasteiger partial charge is 0.497 e. The number of ether oxygens (including phenoxy) is 2. The molecule has 0 radical (unpaired) electrons. The molecule has 0 aliphatic heterocycles. The Morgan fingerprint density at radius 1 is 1.39 bits per heavy atom. The van der Waals surface area contributed by atoms with Crippen LogP contribution in [-0.4, -0.2) is 35.3 Å². The van der Waals surface area contributed by atoms with Gasteiger partial charge in [-0.15, -0.1) is 0 Å². The first kappa shape index (κ1) is 16.7. The smallest absolute Gasteiger partial charge is 0.319 e. The summed E-state index contributed by atoms with van der Waals surface area (Å²) in [6.45, 7) is 5.01. The van der Waals surface area contributed by atoms with E-state index in [4.69, 9.17) is 9.47 Å². The molecule has 0 saturated carbocycles. The van der Waals surface area contributed by atoms with Gasteiger partial charge >= 0.3 is 6.03 Å². The molecule has 0 saturated heterocycles. The first-order chi connectivity index (χ1) is 11.1. The predicted molar refractivity (Wildman–Crippen MR) is 88.0 cm³/mol. The zero-order valence-corrected chi connectivity index (χ0v) is 13.6. The molecule has 2 amide bonds. The minimum atomic E-state index is -0.299. The van der Waals surface area contributed by atoms with E-state index in [0.717, 1.165) is 0 Å². The molecule has 0 aliphatic carbocycles. The number of nitrogens with one attached hydrogen (secondary N) is 2. The van der Waals surface area contributed by atoms with E-state index in [-0.39, 0.29) is 12.1 Å². The van der Waals surface area contributed by atoms with E-state index in [1.165, 1.54) is 0 Å². The summed E-state index contributed by atoms with van der Waals surface area (Å²) in [5.74, 6) is 1.25. The Balaban J connectivity index is 1.95. The quantitative estimate of drug-likeness (QED) is 0.822. The Kier molecular flexibility index (Phi) is 5.85. The van der Waals surface area contributed by atoms with Crippen molar-refractivity contribution in [3.8, 4) is 11.5 Å². The third-order valence-electron chi connectivity index (χ3n) is 3.01.